The van der Waals surface area contributed by atoms with Gasteiger partial charge in [0.1, 0.15) is 5.52 Å². The largest absolute Gasteiger partial charge is 0.295 e. The average molecular weight is 293 g/mol. The summed E-state index contributed by atoms with van der Waals surface area (Å²) in [7, 11) is 0. The van der Waals surface area contributed by atoms with Crippen LogP contribution in [-0.4, -0.2) is 20.8 Å². The molecule has 0 radical (unpaired) electrons. The maximum absolute atomic E-state index is 12.5. The number of ketones is 1. The van der Waals surface area contributed by atoms with Crippen molar-refractivity contribution in [3.63, 3.8) is 0 Å². The smallest absolute Gasteiger partial charge is 0.277 e. The Kier molecular flexibility index (Phi) is 3.55. The lowest BCUT2D eigenvalue weighted by Gasteiger charge is -2.06. The topological polar surface area (TPSA) is 64.8 Å². The molecule has 3 rings (SSSR count). The molecule has 0 aliphatic heterocycles. The fraction of sp³-hybridized carbons (Fsp3) is 0.176. The fourth-order valence-corrected chi connectivity index (χ4v) is 2.31. The highest BCUT2D eigenvalue weighted by Gasteiger charge is 2.07. The quantitative estimate of drug-likeness (QED) is 0.695. The molecule has 22 heavy (non-hydrogen) atoms. The second kappa shape index (κ2) is 5.52. The van der Waals surface area contributed by atoms with Crippen LogP contribution in [0.2, 0.25) is 0 Å². The number of rotatable bonds is 3. The minimum absolute atomic E-state index is 0.0182. The van der Waals surface area contributed by atoms with Gasteiger partial charge in [0.15, 0.2) is 5.78 Å². The van der Waals surface area contributed by atoms with Crippen LogP contribution >= 0.6 is 0 Å². The highest BCUT2D eigenvalue weighted by Crippen LogP contribution is 2.09. The molecule has 0 unspecified atom stereocenters. The van der Waals surface area contributed by atoms with Crippen molar-refractivity contribution in [2.75, 3.05) is 0 Å². The molecule has 3 aromatic rings. The Morgan fingerprint density at radius 1 is 1.14 bits per heavy atom. The lowest BCUT2D eigenvalue weighted by atomic mass is 10.1. The van der Waals surface area contributed by atoms with E-state index in [1.54, 1.807) is 18.2 Å². The number of aryl methyl sites for hydroxylation is 1. The second-order valence-corrected chi connectivity index (χ2v) is 5.33. The predicted octanol–water partition coefficient (Wildman–Crippen LogP) is 2.35. The van der Waals surface area contributed by atoms with E-state index in [0.29, 0.717) is 23.0 Å². The normalized spacial score (nSPS) is 10.8. The van der Waals surface area contributed by atoms with Crippen LogP contribution in [0.1, 0.15) is 28.4 Å². The highest BCUT2D eigenvalue weighted by atomic mass is 16.1. The predicted molar refractivity (Wildman–Crippen MR) is 84.1 cm³/mol. The van der Waals surface area contributed by atoms with E-state index in [9.17, 15) is 9.59 Å². The number of hydrogen-bond acceptors (Lipinski definition) is 4. The number of hydrogen-bond donors (Lipinski definition) is 0. The Morgan fingerprint density at radius 2 is 1.86 bits per heavy atom. The Morgan fingerprint density at radius 3 is 2.55 bits per heavy atom. The summed E-state index contributed by atoms with van der Waals surface area (Å²) in [6.45, 7) is 3.79. The Hall–Kier alpha value is -2.82. The van der Waals surface area contributed by atoms with Crippen LogP contribution in [0.5, 0.6) is 0 Å². The molecule has 0 aliphatic carbocycles. The van der Waals surface area contributed by atoms with E-state index in [1.807, 2.05) is 31.2 Å². The van der Waals surface area contributed by atoms with Crippen molar-refractivity contribution in [3.8, 4) is 0 Å². The van der Waals surface area contributed by atoms with Crippen LogP contribution in [-0.2, 0) is 6.54 Å². The third-order valence-electron chi connectivity index (χ3n) is 3.57. The van der Waals surface area contributed by atoms with Crippen molar-refractivity contribution >= 4 is 16.7 Å². The van der Waals surface area contributed by atoms with Gasteiger partial charge in [-0.3, -0.25) is 9.59 Å². The molecule has 2 aromatic carbocycles. The van der Waals surface area contributed by atoms with E-state index in [2.05, 4.69) is 10.3 Å². The first kappa shape index (κ1) is 14.1. The zero-order valence-corrected chi connectivity index (χ0v) is 12.4. The van der Waals surface area contributed by atoms with Crippen LogP contribution in [0, 0.1) is 6.92 Å². The third kappa shape index (κ3) is 2.65. The molecule has 1 aromatic heterocycles. The van der Waals surface area contributed by atoms with Crippen LogP contribution in [0.3, 0.4) is 0 Å². The van der Waals surface area contributed by atoms with Gasteiger partial charge >= 0.3 is 0 Å². The zero-order valence-electron chi connectivity index (χ0n) is 12.4. The number of fused-ring (bicyclic) bond motifs is 1. The Balaban J connectivity index is 1.98. The second-order valence-electron chi connectivity index (χ2n) is 5.33. The summed E-state index contributed by atoms with van der Waals surface area (Å²) in [6, 6.07) is 12.7. The minimum atomic E-state index is -0.163. The number of benzene rings is 2. The summed E-state index contributed by atoms with van der Waals surface area (Å²) >= 11 is 0. The van der Waals surface area contributed by atoms with Gasteiger partial charge in [0.05, 0.1) is 11.9 Å². The maximum Gasteiger partial charge on any atom is 0.277 e. The van der Waals surface area contributed by atoms with Crippen molar-refractivity contribution in [1.29, 1.82) is 0 Å². The summed E-state index contributed by atoms with van der Waals surface area (Å²) in [4.78, 5) is 23.7. The van der Waals surface area contributed by atoms with E-state index in [0.717, 1.165) is 11.1 Å². The lowest BCUT2D eigenvalue weighted by Crippen LogP contribution is -2.24. The SMILES string of the molecule is CC(=O)c1ccc(Cn2nnc3ccc(C)cc3c2=O)cc1. The summed E-state index contributed by atoms with van der Waals surface area (Å²) in [5.41, 5.74) is 2.99. The van der Waals surface area contributed by atoms with Gasteiger partial charge in [0.2, 0.25) is 0 Å². The summed E-state index contributed by atoms with van der Waals surface area (Å²) < 4.78 is 1.34. The number of carbonyl (C=O) groups excluding carboxylic acids is 1. The van der Waals surface area contributed by atoms with Crippen LogP contribution in [0.4, 0.5) is 0 Å². The molecule has 0 saturated heterocycles. The molecule has 110 valence electrons. The lowest BCUT2D eigenvalue weighted by molar-refractivity contribution is 0.101. The summed E-state index contributed by atoms with van der Waals surface area (Å²) in [5.74, 6) is 0.0182. The molecule has 1 heterocycles. The Bertz CT molecular complexity index is 911. The molecule has 0 bridgehead atoms. The zero-order chi connectivity index (χ0) is 15.7. The molecule has 0 aliphatic rings. The van der Waals surface area contributed by atoms with Gasteiger partial charge in [-0.1, -0.05) is 41.1 Å². The van der Waals surface area contributed by atoms with Gasteiger partial charge in [-0.2, -0.15) is 0 Å². The van der Waals surface area contributed by atoms with Crippen molar-refractivity contribution in [2.45, 2.75) is 20.4 Å². The Labute approximate surface area is 127 Å². The number of nitrogens with zero attached hydrogens (tertiary/aromatic N) is 3. The number of carbonyl (C=O) groups is 1. The molecule has 5 heteroatoms. The standard InChI is InChI=1S/C17H15N3O2/c1-11-3-8-16-15(9-11)17(22)20(19-18-16)10-13-4-6-14(7-5-13)12(2)21/h3-9H,10H2,1-2H3. The van der Waals surface area contributed by atoms with Gasteiger partial charge in [0, 0.05) is 5.56 Å². The summed E-state index contributed by atoms with van der Waals surface area (Å²) in [5, 5.41) is 8.63. The third-order valence-corrected chi connectivity index (χ3v) is 3.57. The molecular weight excluding hydrogens is 278 g/mol. The molecule has 0 fully saturated rings. The first-order valence-electron chi connectivity index (χ1n) is 6.98. The van der Waals surface area contributed by atoms with Crippen LogP contribution in [0.25, 0.3) is 10.9 Å². The molecule has 0 N–H and O–H groups in total. The average Bonchev–Trinajstić information content (AvgIpc) is 2.51. The van der Waals surface area contributed by atoms with Crippen LogP contribution in [0.15, 0.2) is 47.3 Å². The monoisotopic (exact) mass is 293 g/mol. The number of Topliss-reactive ketones (excluding diaryl/α,β-unsaturated/α-hetero) is 1. The van der Waals surface area contributed by atoms with Gasteiger partial charge in [-0.15, -0.1) is 5.10 Å². The van der Waals surface area contributed by atoms with E-state index in [4.69, 9.17) is 0 Å². The van der Waals surface area contributed by atoms with Crippen molar-refractivity contribution in [3.05, 3.63) is 69.5 Å². The number of aromatic nitrogens is 3. The molecular formula is C17H15N3O2. The molecule has 5 nitrogen and oxygen atoms in total. The first-order valence-corrected chi connectivity index (χ1v) is 6.98. The summed E-state index contributed by atoms with van der Waals surface area (Å²) in [6.07, 6.45) is 0. The molecule has 0 saturated carbocycles. The molecule has 0 atom stereocenters. The van der Waals surface area contributed by atoms with Crippen molar-refractivity contribution in [2.24, 2.45) is 0 Å². The maximum atomic E-state index is 12.5. The van der Waals surface area contributed by atoms with E-state index < -0.39 is 0 Å². The van der Waals surface area contributed by atoms with E-state index >= 15 is 0 Å². The van der Waals surface area contributed by atoms with Crippen molar-refractivity contribution in [1.82, 2.24) is 15.0 Å². The fourth-order valence-electron chi connectivity index (χ4n) is 2.31. The highest BCUT2D eigenvalue weighted by molar-refractivity contribution is 5.94. The van der Waals surface area contributed by atoms with Gasteiger partial charge in [-0.05, 0) is 31.5 Å². The minimum Gasteiger partial charge on any atom is -0.295 e. The van der Waals surface area contributed by atoms with Gasteiger partial charge < -0.3 is 0 Å². The van der Waals surface area contributed by atoms with Crippen molar-refractivity contribution < 1.29 is 4.79 Å². The van der Waals surface area contributed by atoms with E-state index in [-0.39, 0.29) is 11.3 Å². The van der Waals surface area contributed by atoms with Gasteiger partial charge in [0.25, 0.3) is 5.56 Å². The van der Waals surface area contributed by atoms with Crippen LogP contribution < -0.4 is 5.56 Å². The van der Waals surface area contributed by atoms with E-state index in [1.165, 1.54) is 11.6 Å². The molecule has 0 amide bonds. The van der Waals surface area contributed by atoms with Gasteiger partial charge in [-0.25, -0.2) is 4.68 Å². The first-order chi connectivity index (χ1) is 10.5. The molecule has 0 spiro atoms.